The summed E-state index contributed by atoms with van der Waals surface area (Å²) in [6.07, 6.45) is 7.88. The summed E-state index contributed by atoms with van der Waals surface area (Å²) in [4.78, 5) is 10.0. The van der Waals surface area contributed by atoms with E-state index in [2.05, 4.69) is 9.97 Å². The second-order valence-electron chi connectivity index (χ2n) is 5.28. The van der Waals surface area contributed by atoms with Crippen molar-refractivity contribution in [1.82, 2.24) is 9.97 Å². The molecule has 3 rings (SSSR count). The Bertz CT molecular complexity index is 757. The van der Waals surface area contributed by atoms with Gasteiger partial charge in [-0.05, 0) is 42.8 Å². The lowest BCUT2D eigenvalue weighted by Crippen LogP contribution is -2.37. The molecule has 0 spiro atoms. The molecule has 0 aliphatic heterocycles. The summed E-state index contributed by atoms with van der Waals surface area (Å²) in [6.45, 7) is 0. The first kappa shape index (κ1) is 15.6. The van der Waals surface area contributed by atoms with Crippen molar-refractivity contribution in [1.29, 1.82) is 0 Å². The number of ether oxygens (including phenoxy) is 1. The number of methoxy groups -OCH3 is 1. The molecule has 0 fully saturated rings. The average Bonchev–Trinajstić information content (AvgIpc) is 2.59. The van der Waals surface area contributed by atoms with Gasteiger partial charge in [0.15, 0.2) is 5.82 Å². The number of hydrogen-bond acceptors (Lipinski definition) is 6. The zero-order valence-electron chi connectivity index (χ0n) is 12.8. The van der Waals surface area contributed by atoms with Gasteiger partial charge in [0, 0.05) is 16.8 Å². The van der Waals surface area contributed by atoms with Crippen LogP contribution < -0.4 is 16.2 Å². The highest BCUT2D eigenvalue weighted by Crippen LogP contribution is 2.30. The van der Waals surface area contributed by atoms with Gasteiger partial charge >= 0.3 is 0 Å². The number of rotatable bonds is 4. The van der Waals surface area contributed by atoms with Gasteiger partial charge in [-0.15, -0.1) is 0 Å². The summed E-state index contributed by atoms with van der Waals surface area (Å²) in [5.41, 5.74) is 12.2. The maximum Gasteiger partial charge on any atom is 0.153 e. The number of nitrogens with two attached hydrogens (primary N) is 2. The third kappa shape index (κ3) is 3.55. The average molecular weight is 326 g/mol. The second-order valence-corrected chi connectivity index (χ2v) is 6.37. The minimum atomic E-state index is -0.709. The van der Waals surface area contributed by atoms with Crippen molar-refractivity contribution in [2.45, 2.75) is 21.9 Å². The Balaban J connectivity index is 1.81. The molecule has 0 saturated heterocycles. The molecule has 0 bridgehead atoms. The number of nitrogens with zero attached hydrogens (tertiary/aromatic N) is 2. The van der Waals surface area contributed by atoms with Crippen LogP contribution in [0.2, 0.25) is 0 Å². The van der Waals surface area contributed by atoms with Crippen molar-refractivity contribution in [3.8, 4) is 5.75 Å². The van der Waals surface area contributed by atoms with Crippen LogP contribution in [0.5, 0.6) is 5.75 Å². The van der Waals surface area contributed by atoms with E-state index < -0.39 is 5.54 Å². The molecule has 1 unspecified atom stereocenters. The van der Waals surface area contributed by atoms with Crippen LogP contribution in [0.25, 0.3) is 0 Å². The SMILES string of the molecule is COc1ccc(Sc2ccnc(C3(N)C=CC(N)=CC3)n2)cc1. The lowest BCUT2D eigenvalue weighted by Gasteiger charge is -2.25. The number of allylic oxidation sites excluding steroid dienone is 1. The Hall–Kier alpha value is -2.31. The van der Waals surface area contributed by atoms with E-state index in [9.17, 15) is 0 Å². The van der Waals surface area contributed by atoms with E-state index in [4.69, 9.17) is 16.2 Å². The second kappa shape index (κ2) is 6.44. The molecule has 4 N–H and O–H groups in total. The topological polar surface area (TPSA) is 87.0 Å². The van der Waals surface area contributed by atoms with Crippen molar-refractivity contribution < 1.29 is 4.74 Å². The molecule has 2 aromatic rings. The first-order chi connectivity index (χ1) is 11.1. The van der Waals surface area contributed by atoms with Gasteiger partial charge in [-0.3, -0.25) is 0 Å². The largest absolute Gasteiger partial charge is 0.497 e. The minimum absolute atomic E-state index is 0.589. The van der Waals surface area contributed by atoms with Crippen molar-refractivity contribution in [2.24, 2.45) is 11.5 Å². The fourth-order valence-corrected chi connectivity index (χ4v) is 3.00. The first-order valence-corrected chi connectivity index (χ1v) is 8.00. The lowest BCUT2D eigenvalue weighted by molar-refractivity contribution is 0.414. The first-order valence-electron chi connectivity index (χ1n) is 7.18. The molecule has 6 heteroatoms. The molecule has 1 aromatic heterocycles. The molecule has 0 saturated carbocycles. The van der Waals surface area contributed by atoms with Crippen LogP contribution in [0.4, 0.5) is 0 Å². The van der Waals surface area contributed by atoms with Gasteiger partial charge in [-0.1, -0.05) is 23.9 Å². The molecule has 1 aliphatic carbocycles. The molecule has 0 radical (unpaired) electrons. The van der Waals surface area contributed by atoms with E-state index >= 15 is 0 Å². The summed E-state index contributed by atoms with van der Waals surface area (Å²) in [5.74, 6) is 1.42. The molecular formula is C17H18N4OS. The van der Waals surface area contributed by atoms with Gasteiger partial charge in [0.25, 0.3) is 0 Å². The van der Waals surface area contributed by atoms with Gasteiger partial charge in [0.2, 0.25) is 0 Å². The smallest absolute Gasteiger partial charge is 0.153 e. The summed E-state index contributed by atoms with van der Waals surface area (Å²) in [7, 11) is 1.65. The van der Waals surface area contributed by atoms with E-state index in [0.29, 0.717) is 12.2 Å². The van der Waals surface area contributed by atoms with Crippen molar-refractivity contribution >= 4 is 11.8 Å². The van der Waals surface area contributed by atoms with Crippen LogP contribution in [0.1, 0.15) is 12.2 Å². The fraction of sp³-hybridized carbons (Fsp3) is 0.176. The predicted octanol–water partition coefficient (Wildman–Crippen LogP) is 2.59. The van der Waals surface area contributed by atoms with Crippen LogP contribution in [0.3, 0.4) is 0 Å². The van der Waals surface area contributed by atoms with Gasteiger partial charge in [-0.2, -0.15) is 0 Å². The summed E-state index contributed by atoms with van der Waals surface area (Å²) in [6, 6.07) is 9.71. The van der Waals surface area contributed by atoms with E-state index in [0.717, 1.165) is 21.4 Å². The molecular weight excluding hydrogens is 308 g/mol. The van der Waals surface area contributed by atoms with Crippen LogP contribution in [-0.2, 0) is 5.54 Å². The van der Waals surface area contributed by atoms with Crippen LogP contribution in [0.15, 0.2) is 70.4 Å². The number of hydrogen-bond donors (Lipinski definition) is 2. The molecule has 118 valence electrons. The molecule has 1 atom stereocenters. The van der Waals surface area contributed by atoms with Crippen LogP contribution in [-0.4, -0.2) is 17.1 Å². The lowest BCUT2D eigenvalue weighted by atomic mass is 9.90. The zero-order chi connectivity index (χ0) is 16.3. The van der Waals surface area contributed by atoms with E-state index in [1.807, 2.05) is 42.5 Å². The molecule has 1 aromatic carbocycles. The van der Waals surface area contributed by atoms with E-state index in [-0.39, 0.29) is 0 Å². The molecule has 0 amide bonds. The predicted molar refractivity (Wildman–Crippen MR) is 91.0 cm³/mol. The van der Waals surface area contributed by atoms with Crippen LogP contribution in [0, 0.1) is 0 Å². The molecule has 1 heterocycles. The summed E-state index contributed by atoms with van der Waals surface area (Å²) in [5, 5.41) is 0.848. The standard InChI is InChI=1S/C17H18N4OS/c1-22-13-2-4-14(5-3-13)23-15-8-11-20-16(21-15)17(19)9-6-12(18)7-10-17/h2-9,11H,10,18-19H2,1H3. The maximum absolute atomic E-state index is 6.41. The minimum Gasteiger partial charge on any atom is -0.497 e. The van der Waals surface area contributed by atoms with Crippen molar-refractivity contribution in [3.63, 3.8) is 0 Å². The highest BCUT2D eigenvalue weighted by molar-refractivity contribution is 7.99. The Labute approximate surface area is 139 Å². The van der Waals surface area contributed by atoms with Gasteiger partial charge in [-0.25, -0.2) is 9.97 Å². The fourth-order valence-electron chi connectivity index (χ4n) is 2.22. The van der Waals surface area contributed by atoms with Gasteiger partial charge < -0.3 is 16.2 Å². The molecule has 1 aliphatic rings. The Kier molecular flexibility index (Phi) is 4.36. The summed E-state index contributed by atoms with van der Waals surface area (Å²) < 4.78 is 5.17. The van der Waals surface area contributed by atoms with E-state index in [1.54, 1.807) is 31.1 Å². The quantitative estimate of drug-likeness (QED) is 0.840. The molecule has 23 heavy (non-hydrogen) atoms. The highest BCUT2D eigenvalue weighted by atomic mass is 32.2. The number of benzene rings is 1. The third-order valence-electron chi connectivity index (χ3n) is 3.58. The normalized spacial score (nSPS) is 20.2. The monoisotopic (exact) mass is 326 g/mol. The Morgan fingerprint density at radius 3 is 2.65 bits per heavy atom. The Morgan fingerprint density at radius 1 is 1.22 bits per heavy atom. The van der Waals surface area contributed by atoms with Crippen molar-refractivity contribution in [2.75, 3.05) is 7.11 Å². The van der Waals surface area contributed by atoms with Gasteiger partial charge in [0.05, 0.1) is 12.6 Å². The zero-order valence-corrected chi connectivity index (χ0v) is 13.6. The molecule has 5 nitrogen and oxygen atoms in total. The van der Waals surface area contributed by atoms with Gasteiger partial charge in [0.1, 0.15) is 10.8 Å². The van der Waals surface area contributed by atoms with E-state index in [1.165, 1.54) is 0 Å². The summed E-state index contributed by atoms with van der Waals surface area (Å²) >= 11 is 1.56. The third-order valence-corrected chi connectivity index (χ3v) is 4.52. The number of aromatic nitrogens is 2. The Morgan fingerprint density at radius 2 is 2.00 bits per heavy atom. The van der Waals surface area contributed by atoms with Crippen LogP contribution >= 0.6 is 11.8 Å². The van der Waals surface area contributed by atoms with Crippen molar-refractivity contribution in [3.05, 3.63) is 66.3 Å². The highest BCUT2D eigenvalue weighted by Gasteiger charge is 2.28. The maximum atomic E-state index is 6.41.